The predicted octanol–water partition coefficient (Wildman–Crippen LogP) is 2.43. The van der Waals surface area contributed by atoms with Crippen molar-refractivity contribution in [3.05, 3.63) is 35.9 Å². The third-order valence-corrected chi connectivity index (χ3v) is 3.58. The van der Waals surface area contributed by atoms with Crippen LogP contribution < -0.4 is 5.32 Å². The van der Waals surface area contributed by atoms with Crippen molar-refractivity contribution in [1.82, 2.24) is 5.32 Å². The number of hydrogen-bond donors (Lipinski definition) is 2. The van der Waals surface area contributed by atoms with E-state index in [4.69, 9.17) is 5.11 Å². The van der Waals surface area contributed by atoms with Gasteiger partial charge in [-0.05, 0) is 31.4 Å². The van der Waals surface area contributed by atoms with Crippen LogP contribution in [0.2, 0.25) is 0 Å². The molecular weight excluding hydrogens is 198 g/mol. The fourth-order valence-corrected chi connectivity index (χ4v) is 2.71. The normalized spacial score (nSPS) is 18.8. The maximum Gasteiger partial charge on any atom is 0.0443 e. The molecule has 0 atom stereocenters. The van der Waals surface area contributed by atoms with E-state index in [9.17, 15) is 0 Å². The van der Waals surface area contributed by atoms with Crippen molar-refractivity contribution < 1.29 is 5.11 Å². The van der Waals surface area contributed by atoms with Crippen LogP contribution in [0.5, 0.6) is 0 Å². The van der Waals surface area contributed by atoms with E-state index in [1.807, 2.05) is 0 Å². The van der Waals surface area contributed by atoms with Crippen molar-refractivity contribution in [2.45, 2.75) is 37.6 Å². The molecule has 1 aromatic rings. The quantitative estimate of drug-likeness (QED) is 0.745. The molecule has 0 bridgehead atoms. The molecule has 1 aromatic carbocycles. The highest BCUT2D eigenvalue weighted by molar-refractivity contribution is 5.25. The summed E-state index contributed by atoms with van der Waals surface area (Å²) in [5.74, 6) is 0. The summed E-state index contributed by atoms with van der Waals surface area (Å²) >= 11 is 0. The summed E-state index contributed by atoms with van der Waals surface area (Å²) in [7, 11) is 0. The average molecular weight is 219 g/mol. The molecule has 0 amide bonds. The van der Waals surface area contributed by atoms with Gasteiger partial charge in [0.15, 0.2) is 0 Å². The molecule has 1 aliphatic rings. The fraction of sp³-hybridized carbons (Fsp3) is 0.571. The summed E-state index contributed by atoms with van der Waals surface area (Å²) in [5.41, 5.74) is 1.58. The van der Waals surface area contributed by atoms with Crippen LogP contribution in [0.15, 0.2) is 30.3 Å². The molecule has 0 radical (unpaired) electrons. The van der Waals surface area contributed by atoms with Crippen LogP contribution in [-0.4, -0.2) is 18.3 Å². The van der Waals surface area contributed by atoms with Crippen LogP contribution in [0.1, 0.15) is 37.7 Å². The Balaban J connectivity index is 2.09. The maximum absolute atomic E-state index is 8.85. The standard InChI is InChI=1S/C14H21NO/c16-12-6-11-15-14(9-4-5-10-14)13-7-2-1-3-8-13/h1-3,7-8,15-16H,4-6,9-12H2. The minimum absolute atomic E-state index is 0.177. The summed E-state index contributed by atoms with van der Waals surface area (Å²) in [5, 5.41) is 12.5. The number of aliphatic hydroxyl groups is 1. The topological polar surface area (TPSA) is 32.3 Å². The number of rotatable bonds is 5. The Hall–Kier alpha value is -0.860. The van der Waals surface area contributed by atoms with E-state index in [0.717, 1.165) is 13.0 Å². The van der Waals surface area contributed by atoms with Gasteiger partial charge in [-0.1, -0.05) is 43.2 Å². The molecule has 0 unspecified atom stereocenters. The van der Waals surface area contributed by atoms with Gasteiger partial charge in [0.1, 0.15) is 0 Å². The number of benzene rings is 1. The van der Waals surface area contributed by atoms with Crippen LogP contribution >= 0.6 is 0 Å². The lowest BCUT2D eigenvalue weighted by molar-refractivity contribution is 0.267. The molecule has 1 aliphatic carbocycles. The monoisotopic (exact) mass is 219 g/mol. The third-order valence-electron chi connectivity index (χ3n) is 3.58. The number of nitrogens with one attached hydrogen (secondary N) is 1. The van der Waals surface area contributed by atoms with Gasteiger partial charge < -0.3 is 10.4 Å². The van der Waals surface area contributed by atoms with E-state index in [1.165, 1.54) is 31.2 Å². The second-order valence-corrected chi connectivity index (χ2v) is 4.66. The van der Waals surface area contributed by atoms with Gasteiger partial charge >= 0.3 is 0 Å². The van der Waals surface area contributed by atoms with Crippen LogP contribution in [0.25, 0.3) is 0 Å². The zero-order chi connectivity index (χ0) is 11.3. The van der Waals surface area contributed by atoms with Gasteiger partial charge in [0.05, 0.1) is 0 Å². The molecule has 0 aliphatic heterocycles. The molecule has 2 N–H and O–H groups in total. The van der Waals surface area contributed by atoms with Crippen molar-refractivity contribution >= 4 is 0 Å². The lowest BCUT2D eigenvalue weighted by atomic mass is 9.88. The van der Waals surface area contributed by atoms with Crippen molar-refractivity contribution in [1.29, 1.82) is 0 Å². The summed E-state index contributed by atoms with van der Waals surface area (Å²) in [6.07, 6.45) is 5.90. The van der Waals surface area contributed by atoms with Crippen LogP contribution in [-0.2, 0) is 5.54 Å². The molecule has 0 spiro atoms. The van der Waals surface area contributed by atoms with Gasteiger partial charge in [-0.2, -0.15) is 0 Å². The molecule has 0 aromatic heterocycles. The molecule has 2 nitrogen and oxygen atoms in total. The molecule has 1 saturated carbocycles. The first kappa shape index (κ1) is 11.6. The van der Waals surface area contributed by atoms with E-state index in [0.29, 0.717) is 0 Å². The minimum Gasteiger partial charge on any atom is -0.396 e. The highest BCUT2D eigenvalue weighted by atomic mass is 16.3. The smallest absolute Gasteiger partial charge is 0.0443 e. The Labute approximate surface area is 97.7 Å². The molecule has 0 heterocycles. The van der Waals surface area contributed by atoms with Crippen LogP contribution in [0, 0.1) is 0 Å². The summed E-state index contributed by atoms with van der Waals surface area (Å²) in [6, 6.07) is 10.7. The van der Waals surface area contributed by atoms with Crippen LogP contribution in [0.4, 0.5) is 0 Å². The van der Waals surface area contributed by atoms with Crippen LogP contribution in [0.3, 0.4) is 0 Å². The van der Waals surface area contributed by atoms with Gasteiger partial charge in [-0.3, -0.25) is 0 Å². The molecule has 16 heavy (non-hydrogen) atoms. The summed E-state index contributed by atoms with van der Waals surface area (Å²) < 4.78 is 0. The van der Waals surface area contributed by atoms with Crippen molar-refractivity contribution in [2.24, 2.45) is 0 Å². The maximum atomic E-state index is 8.85. The minimum atomic E-state index is 0.177. The molecule has 88 valence electrons. The largest absolute Gasteiger partial charge is 0.396 e. The Bertz CT molecular complexity index is 304. The Kier molecular flexibility index (Phi) is 3.97. The van der Waals surface area contributed by atoms with E-state index in [2.05, 4.69) is 35.6 Å². The lowest BCUT2D eigenvalue weighted by Gasteiger charge is -2.31. The zero-order valence-corrected chi connectivity index (χ0v) is 9.78. The summed E-state index contributed by atoms with van der Waals surface area (Å²) in [4.78, 5) is 0. The second kappa shape index (κ2) is 5.46. The molecular formula is C14H21NO. The Morgan fingerprint density at radius 1 is 1.12 bits per heavy atom. The van der Waals surface area contributed by atoms with Crippen molar-refractivity contribution in [2.75, 3.05) is 13.2 Å². The van der Waals surface area contributed by atoms with Crippen molar-refractivity contribution in [3.63, 3.8) is 0 Å². The third kappa shape index (κ3) is 2.45. The second-order valence-electron chi connectivity index (χ2n) is 4.66. The molecule has 1 fully saturated rings. The van der Waals surface area contributed by atoms with Gasteiger partial charge in [0, 0.05) is 12.1 Å². The van der Waals surface area contributed by atoms with E-state index in [-0.39, 0.29) is 12.1 Å². The number of hydrogen-bond acceptors (Lipinski definition) is 2. The summed E-state index contributed by atoms with van der Waals surface area (Å²) in [6.45, 7) is 1.18. The lowest BCUT2D eigenvalue weighted by Crippen LogP contribution is -2.40. The molecule has 0 saturated heterocycles. The van der Waals surface area contributed by atoms with Gasteiger partial charge in [0.25, 0.3) is 0 Å². The zero-order valence-electron chi connectivity index (χ0n) is 9.78. The average Bonchev–Trinajstić information content (AvgIpc) is 2.81. The van der Waals surface area contributed by atoms with E-state index >= 15 is 0 Å². The van der Waals surface area contributed by atoms with E-state index < -0.39 is 0 Å². The van der Waals surface area contributed by atoms with E-state index in [1.54, 1.807) is 0 Å². The number of aliphatic hydroxyl groups excluding tert-OH is 1. The molecule has 2 heteroatoms. The fourth-order valence-electron chi connectivity index (χ4n) is 2.71. The highest BCUT2D eigenvalue weighted by Gasteiger charge is 2.34. The first-order chi connectivity index (χ1) is 7.87. The Morgan fingerprint density at radius 2 is 1.81 bits per heavy atom. The highest BCUT2D eigenvalue weighted by Crippen LogP contribution is 2.38. The first-order valence-corrected chi connectivity index (χ1v) is 6.29. The van der Waals surface area contributed by atoms with Gasteiger partial charge in [0.2, 0.25) is 0 Å². The first-order valence-electron chi connectivity index (χ1n) is 6.29. The Morgan fingerprint density at radius 3 is 2.44 bits per heavy atom. The molecule has 2 rings (SSSR count). The van der Waals surface area contributed by atoms with Gasteiger partial charge in [-0.15, -0.1) is 0 Å². The SMILES string of the molecule is OCCCNC1(c2ccccc2)CCCC1. The van der Waals surface area contributed by atoms with Crippen molar-refractivity contribution in [3.8, 4) is 0 Å². The predicted molar refractivity (Wildman–Crippen MR) is 66.3 cm³/mol. The van der Waals surface area contributed by atoms with Gasteiger partial charge in [-0.25, -0.2) is 0 Å².